The van der Waals surface area contributed by atoms with E-state index in [-0.39, 0.29) is 33.4 Å². The number of aromatic carboxylic acids is 4. The van der Waals surface area contributed by atoms with Crippen molar-refractivity contribution in [2.45, 2.75) is 9.79 Å². The molecule has 8 nitrogen and oxygen atoms in total. The number of carboxylic acids is 4. The van der Waals surface area contributed by atoms with E-state index in [1.165, 1.54) is 48.2 Å². The lowest BCUT2D eigenvalue weighted by Gasteiger charge is -2.16. The zero-order valence-electron chi connectivity index (χ0n) is 18.9. The first kappa shape index (κ1) is 25.2. The second-order valence-corrected chi connectivity index (χ2v) is 8.86. The number of rotatable bonds is 8. The van der Waals surface area contributed by atoms with E-state index >= 15 is 0 Å². The maximum atomic E-state index is 12.0. The van der Waals surface area contributed by atoms with Gasteiger partial charge in [-0.2, -0.15) is 0 Å². The predicted molar refractivity (Wildman–Crippen MR) is 136 cm³/mol. The van der Waals surface area contributed by atoms with Crippen LogP contribution in [0.25, 0.3) is 22.3 Å². The van der Waals surface area contributed by atoms with E-state index in [0.29, 0.717) is 20.9 Å². The van der Waals surface area contributed by atoms with Crippen LogP contribution in [0.4, 0.5) is 0 Å². The lowest BCUT2D eigenvalue weighted by molar-refractivity contribution is 0.0652. The first-order valence-corrected chi connectivity index (χ1v) is 11.6. The molecular weight excluding hydrogens is 496 g/mol. The van der Waals surface area contributed by atoms with Gasteiger partial charge < -0.3 is 20.4 Å². The molecule has 37 heavy (non-hydrogen) atoms. The highest BCUT2D eigenvalue weighted by Gasteiger charge is 2.24. The van der Waals surface area contributed by atoms with Crippen molar-refractivity contribution in [2.24, 2.45) is 0 Å². The Hall–Kier alpha value is -4.89. The summed E-state index contributed by atoms with van der Waals surface area (Å²) in [6, 6.07) is 22.1. The Kier molecular flexibility index (Phi) is 7.08. The Morgan fingerprint density at radius 1 is 0.432 bits per heavy atom. The van der Waals surface area contributed by atoms with E-state index in [1.54, 1.807) is 48.5 Å². The summed E-state index contributed by atoms with van der Waals surface area (Å²) < 4.78 is 0. The third kappa shape index (κ3) is 4.93. The van der Waals surface area contributed by atoms with Crippen LogP contribution in [0, 0.1) is 0 Å². The van der Waals surface area contributed by atoms with E-state index < -0.39 is 23.9 Å². The van der Waals surface area contributed by atoms with Gasteiger partial charge in [-0.25, -0.2) is 19.2 Å². The summed E-state index contributed by atoms with van der Waals surface area (Å²) in [7, 11) is 0. The molecule has 0 saturated carbocycles. The highest BCUT2D eigenvalue weighted by Crippen LogP contribution is 2.42. The van der Waals surface area contributed by atoms with Gasteiger partial charge in [-0.05, 0) is 46.5 Å². The second kappa shape index (κ2) is 10.4. The molecule has 4 aromatic rings. The Morgan fingerprint density at radius 3 is 1.14 bits per heavy atom. The van der Waals surface area contributed by atoms with E-state index in [0.717, 1.165) is 0 Å². The first-order chi connectivity index (χ1) is 17.7. The number of benzene rings is 4. The van der Waals surface area contributed by atoms with Crippen LogP contribution in [-0.2, 0) is 0 Å². The second-order valence-electron chi connectivity index (χ2n) is 7.77. The fourth-order valence-corrected chi connectivity index (χ4v) is 5.15. The summed E-state index contributed by atoms with van der Waals surface area (Å²) in [4.78, 5) is 48.6. The molecule has 0 amide bonds. The summed E-state index contributed by atoms with van der Waals surface area (Å²) in [5.41, 5.74) is -0.0128. The van der Waals surface area contributed by atoms with Crippen molar-refractivity contribution in [1.29, 1.82) is 0 Å². The molecule has 0 aliphatic heterocycles. The minimum Gasteiger partial charge on any atom is -0.478 e. The van der Waals surface area contributed by atoms with Crippen LogP contribution < -0.4 is 0 Å². The van der Waals surface area contributed by atoms with Crippen molar-refractivity contribution < 1.29 is 39.6 Å². The Labute approximate surface area is 214 Å². The molecule has 0 spiro atoms. The molecular formula is C28H18O8S. The van der Waals surface area contributed by atoms with Gasteiger partial charge in [0.1, 0.15) is 0 Å². The van der Waals surface area contributed by atoms with Crippen LogP contribution in [0.3, 0.4) is 0 Å². The van der Waals surface area contributed by atoms with Gasteiger partial charge in [-0.3, -0.25) is 0 Å². The molecule has 4 N–H and O–H groups in total. The molecule has 0 aliphatic rings. The summed E-state index contributed by atoms with van der Waals surface area (Å²) in [5.74, 6) is -5.50. The lowest BCUT2D eigenvalue weighted by Crippen LogP contribution is -2.10. The third-order valence-electron chi connectivity index (χ3n) is 5.59. The van der Waals surface area contributed by atoms with Crippen LogP contribution in [0.5, 0.6) is 0 Å². The minimum atomic E-state index is -1.38. The smallest absolute Gasteiger partial charge is 0.337 e. The molecule has 0 fully saturated rings. The maximum absolute atomic E-state index is 12.0. The minimum absolute atomic E-state index is 0.215. The molecule has 0 aliphatic carbocycles. The van der Waals surface area contributed by atoms with Crippen LogP contribution in [-0.4, -0.2) is 44.3 Å². The molecule has 0 aromatic heterocycles. The maximum Gasteiger partial charge on any atom is 0.337 e. The molecule has 0 unspecified atom stereocenters. The molecule has 0 radical (unpaired) electrons. The highest BCUT2D eigenvalue weighted by molar-refractivity contribution is 7.99. The summed E-state index contributed by atoms with van der Waals surface area (Å²) in [6.45, 7) is 0. The van der Waals surface area contributed by atoms with Crippen LogP contribution in [0.1, 0.15) is 41.4 Å². The van der Waals surface area contributed by atoms with Crippen LogP contribution >= 0.6 is 11.8 Å². The van der Waals surface area contributed by atoms with Crippen molar-refractivity contribution in [2.75, 3.05) is 0 Å². The fourth-order valence-electron chi connectivity index (χ4n) is 4.05. The van der Waals surface area contributed by atoms with Crippen molar-refractivity contribution in [3.8, 4) is 22.3 Å². The highest BCUT2D eigenvalue weighted by atomic mass is 32.2. The number of hydrogen-bond acceptors (Lipinski definition) is 5. The molecule has 4 rings (SSSR count). The topological polar surface area (TPSA) is 149 Å². The average Bonchev–Trinajstić information content (AvgIpc) is 2.88. The molecule has 0 saturated heterocycles. The van der Waals surface area contributed by atoms with Gasteiger partial charge >= 0.3 is 23.9 Å². The van der Waals surface area contributed by atoms with Crippen molar-refractivity contribution in [3.05, 3.63) is 107 Å². The standard InChI is InChI=1S/C28H18O8S/c29-25(30)19-11-5-9-17(23(19)27(33)34)15-7-1-3-13-21(15)37-22-14-4-2-8-16(22)18-10-6-12-20(26(31)32)24(18)28(35)36/h1-14H,(H,29,30)(H,31,32)(H,33,34)(H,35,36). The molecule has 9 heteroatoms. The largest absolute Gasteiger partial charge is 0.478 e. The third-order valence-corrected chi connectivity index (χ3v) is 6.74. The van der Waals surface area contributed by atoms with Gasteiger partial charge in [-0.15, -0.1) is 0 Å². The molecule has 0 bridgehead atoms. The quantitative estimate of drug-likeness (QED) is 0.223. The van der Waals surface area contributed by atoms with Gasteiger partial charge in [0.25, 0.3) is 0 Å². The Bertz CT molecular complexity index is 1460. The Morgan fingerprint density at radius 2 is 0.784 bits per heavy atom. The van der Waals surface area contributed by atoms with E-state index in [2.05, 4.69) is 0 Å². The summed E-state index contributed by atoms with van der Waals surface area (Å²) in [5, 5.41) is 38.7. The molecule has 184 valence electrons. The summed E-state index contributed by atoms with van der Waals surface area (Å²) in [6.07, 6.45) is 0. The van der Waals surface area contributed by atoms with Crippen LogP contribution in [0.2, 0.25) is 0 Å². The fraction of sp³-hybridized carbons (Fsp3) is 0. The predicted octanol–water partition coefficient (Wildman–Crippen LogP) is 5.96. The first-order valence-electron chi connectivity index (χ1n) is 10.8. The SMILES string of the molecule is O=C(O)c1cccc(-c2ccccc2Sc2ccccc2-c2cccc(C(=O)O)c2C(=O)O)c1C(=O)O. The number of carboxylic acid groups (broad SMARTS) is 4. The number of carbonyl (C=O) groups is 4. The van der Waals surface area contributed by atoms with Gasteiger partial charge in [0.05, 0.1) is 22.3 Å². The summed E-state index contributed by atoms with van der Waals surface area (Å²) >= 11 is 1.22. The van der Waals surface area contributed by atoms with Crippen molar-refractivity contribution >= 4 is 35.6 Å². The normalized spacial score (nSPS) is 10.6. The van der Waals surface area contributed by atoms with Crippen molar-refractivity contribution in [3.63, 3.8) is 0 Å². The van der Waals surface area contributed by atoms with E-state index in [9.17, 15) is 39.6 Å². The lowest BCUT2D eigenvalue weighted by atomic mass is 9.95. The zero-order valence-corrected chi connectivity index (χ0v) is 19.7. The Balaban J connectivity index is 1.90. The molecule has 0 atom stereocenters. The molecule has 0 heterocycles. The molecule has 4 aromatic carbocycles. The van der Waals surface area contributed by atoms with E-state index in [4.69, 9.17) is 0 Å². The van der Waals surface area contributed by atoms with Crippen LogP contribution in [0.15, 0.2) is 94.7 Å². The van der Waals surface area contributed by atoms with Crippen molar-refractivity contribution in [1.82, 2.24) is 0 Å². The monoisotopic (exact) mass is 514 g/mol. The van der Waals surface area contributed by atoms with Gasteiger partial charge in [0.2, 0.25) is 0 Å². The van der Waals surface area contributed by atoms with Gasteiger partial charge in [-0.1, -0.05) is 72.4 Å². The number of hydrogen-bond donors (Lipinski definition) is 4. The van der Waals surface area contributed by atoms with E-state index in [1.807, 2.05) is 0 Å². The van der Waals surface area contributed by atoms with Gasteiger partial charge in [0, 0.05) is 9.79 Å². The average molecular weight is 515 g/mol. The van der Waals surface area contributed by atoms with Gasteiger partial charge in [0.15, 0.2) is 0 Å². The zero-order chi connectivity index (χ0) is 26.7.